The molecule has 0 amide bonds. The zero-order valence-corrected chi connectivity index (χ0v) is 45.5. The number of rotatable bonds is 1. The van der Waals surface area contributed by atoms with E-state index in [-0.39, 0.29) is 115 Å². The van der Waals surface area contributed by atoms with Gasteiger partial charge in [-0.3, -0.25) is 53.7 Å². The molecule has 12 heterocycles. The highest BCUT2D eigenvalue weighted by molar-refractivity contribution is 6.27. The molecule has 0 radical (unpaired) electrons. The van der Waals surface area contributed by atoms with Crippen molar-refractivity contribution in [1.82, 2.24) is 89.7 Å². The number of H-pyrrole nitrogens is 6. The Morgan fingerprint density at radius 3 is 1.01 bits per heavy atom. The molecule has 0 aliphatic heterocycles. The Morgan fingerprint density at radius 2 is 0.589 bits per heavy atom. The van der Waals surface area contributed by atoms with E-state index in [9.17, 15) is 4.79 Å². The molecule has 6 N–H and O–H groups in total. The van der Waals surface area contributed by atoms with Crippen molar-refractivity contribution in [3.05, 3.63) is 195 Å². The summed E-state index contributed by atoms with van der Waals surface area (Å²) in [6.07, 6.45) is 7.75. The number of aromatic nitrogens is 18. The second-order valence-corrected chi connectivity index (χ2v) is 22.2. The van der Waals surface area contributed by atoms with Gasteiger partial charge in [-0.25, -0.2) is 34.9 Å². The Hall–Kier alpha value is -13.4. The van der Waals surface area contributed by atoms with Gasteiger partial charge in [-0.05, 0) is 72.8 Å². The van der Waals surface area contributed by atoms with Crippen LogP contribution in [-0.4, -0.2) is 89.7 Å². The number of fused-ring (bicyclic) bond motifs is 24. The van der Waals surface area contributed by atoms with E-state index < -0.39 is 32.6 Å². The van der Waals surface area contributed by atoms with Gasteiger partial charge in [0.05, 0.1) is 160 Å². The van der Waals surface area contributed by atoms with Crippen LogP contribution in [0, 0.1) is 0 Å². The van der Waals surface area contributed by atoms with Gasteiger partial charge in [0.2, 0.25) is 16.3 Å². The van der Waals surface area contributed by atoms with Crippen LogP contribution in [-0.2, 0) is 0 Å². The summed E-state index contributed by atoms with van der Waals surface area (Å²) in [6.45, 7) is 0. The van der Waals surface area contributed by atoms with Crippen molar-refractivity contribution in [3.63, 3.8) is 0 Å². The van der Waals surface area contributed by atoms with E-state index in [1.165, 1.54) is 12.4 Å². The van der Waals surface area contributed by atoms with Crippen molar-refractivity contribution in [1.29, 1.82) is 0 Å². The maximum absolute atomic E-state index is 15.5. The van der Waals surface area contributed by atoms with Gasteiger partial charge in [-0.15, -0.1) is 0 Å². The second kappa shape index (κ2) is 16.7. The first-order chi connectivity index (χ1) is 44.0. The van der Waals surface area contributed by atoms with E-state index in [4.69, 9.17) is 34.9 Å². The molecule has 0 saturated carbocycles. The summed E-state index contributed by atoms with van der Waals surface area (Å²) in [7, 11) is 0. The SMILES string of the molecule is O=c1c2cc3nccnc3cc2[nH]c2c1c1[nH]c3cc4ncc(-c5ccc6nc7c(=O)c8c9[nH]c%10nc%11ccccc%11nc%10c(=O)c9c9[nH]c%10nc%11ccccc%11nc%10c(=O)c9c8[nH]c7nc6c5)nc4cc3c(=O)c1c1[nH]c3cc4nccnc4cc3c(=O)c21. The molecule has 90 heavy (non-hydrogen) atoms. The number of benzene rings is 8. The third kappa shape index (κ3) is 6.34. The first kappa shape index (κ1) is 47.9. The predicted octanol–water partition coefficient (Wildman–Crippen LogP) is 8.98. The van der Waals surface area contributed by atoms with Crippen LogP contribution < -0.4 is 32.6 Å². The van der Waals surface area contributed by atoms with Crippen molar-refractivity contribution < 1.29 is 0 Å². The zero-order chi connectivity index (χ0) is 59.7. The lowest BCUT2D eigenvalue weighted by molar-refractivity contribution is 1.28. The van der Waals surface area contributed by atoms with Crippen molar-refractivity contribution in [2.24, 2.45) is 0 Å². The molecule has 24 heteroatoms. The Kier molecular flexibility index (Phi) is 8.91. The molecule has 8 aromatic carbocycles. The molecular weight excluding hydrogens is 1140 g/mol. The molecule has 0 bridgehead atoms. The molecule has 12 aromatic heterocycles. The molecule has 0 unspecified atom stereocenters. The Morgan fingerprint density at radius 1 is 0.267 bits per heavy atom. The van der Waals surface area contributed by atoms with Gasteiger partial charge in [-0.1, -0.05) is 30.3 Å². The third-order valence-electron chi connectivity index (χ3n) is 17.3. The summed E-state index contributed by atoms with van der Waals surface area (Å²) < 4.78 is 0. The van der Waals surface area contributed by atoms with Gasteiger partial charge in [-0.2, -0.15) is 0 Å². The topological polar surface area (TPSA) is 352 Å². The standard InChI is InChI=1S/C66H28N18O6/c85-58-25-17-36-38(70-14-12-68-36)20-33(25)77-50-43(58)49-44(59(86)24-16-35-37(19-32(24)76-49)69-13-11-67-35)51-45(50)60(87)26-18-41-39(21-34(26)78-51)71-22-42(72-41)23-9-10-31-40(15-23)81-66-57(75-31)63(90)48-53-46(61(88)55-64(83-53)79-29-7-3-1-5-27(29)73-55)52-47(54(48)84-66)62(89)56-65(82-52)80-30-8-4-2-6-28(30)74-56/h1-22H,(H,76,86)(H,77,85)(H,78,87)(H,79,83,88)(H,80,82,89)(H,81,84,90). The van der Waals surface area contributed by atoms with Gasteiger partial charge >= 0.3 is 0 Å². The molecule has 0 saturated heterocycles. The highest BCUT2D eigenvalue weighted by Gasteiger charge is 2.27. The normalized spacial score (nSPS) is 12.5. The zero-order valence-electron chi connectivity index (χ0n) is 45.5. The van der Waals surface area contributed by atoms with Crippen molar-refractivity contribution in [3.8, 4) is 11.3 Å². The maximum Gasteiger partial charge on any atom is 0.219 e. The number of pyridine rings is 6. The van der Waals surface area contributed by atoms with Crippen LogP contribution in [0.2, 0.25) is 0 Å². The number of para-hydroxylation sites is 4. The fourth-order valence-electron chi connectivity index (χ4n) is 13.2. The van der Waals surface area contributed by atoms with E-state index >= 15 is 24.0 Å². The largest absolute Gasteiger partial charge is 0.354 e. The molecule has 0 spiro atoms. The van der Waals surface area contributed by atoms with Crippen LogP contribution in [0.4, 0.5) is 0 Å². The van der Waals surface area contributed by atoms with Gasteiger partial charge in [0, 0.05) is 46.5 Å². The molecule has 418 valence electrons. The Balaban J connectivity index is 0.795. The molecule has 0 fully saturated rings. The van der Waals surface area contributed by atoms with Crippen molar-refractivity contribution >= 4 is 198 Å². The fraction of sp³-hybridized carbons (Fsp3) is 0. The predicted molar refractivity (Wildman–Crippen MR) is 344 cm³/mol. The molecule has 20 rings (SSSR count). The van der Waals surface area contributed by atoms with Gasteiger partial charge in [0.1, 0.15) is 0 Å². The molecular formula is C66H28N18O6. The monoisotopic (exact) mass is 1170 g/mol. The first-order valence-electron chi connectivity index (χ1n) is 28.1. The van der Waals surface area contributed by atoms with Crippen LogP contribution in [0.5, 0.6) is 0 Å². The Labute approximate surface area is 492 Å². The van der Waals surface area contributed by atoms with E-state index in [2.05, 4.69) is 54.8 Å². The quantitative estimate of drug-likeness (QED) is 0.0659. The Bertz CT molecular complexity index is 7220. The smallest absolute Gasteiger partial charge is 0.219 e. The maximum atomic E-state index is 15.5. The lowest BCUT2D eigenvalue weighted by atomic mass is 9.98. The average molecular weight is 1170 g/mol. The number of aromatic amines is 6. The van der Waals surface area contributed by atoms with Crippen LogP contribution in [0.15, 0.2) is 163 Å². The number of hydrogen-bond acceptors (Lipinski definition) is 18. The lowest BCUT2D eigenvalue weighted by Gasteiger charge is -2.14. The van der Waals surface area contributed by atoms with E-state index in [1.54, 1.807) is 122 Å². The summed E-state index contributed by atoms with van der Waals surface area (Å²) in [5.74, 6) is 0. The highest BCUT2D eigenvalue weighted by Crippen LogP contribution is 2.36. The molecule has 24 nitrogen and oxygen atoms in total. The van der Waals surface area contributed by atoms with Gasteiger partial charge < -0.3 is 29.9 Å². The van der Waals surface area contributed by atoms with E-state index in [0.29, 0.717) is 94.0 Å². The summed E-state index contributed by atoms with van der Waals surface area (Å²) >= 11 is 0. The van der Waals surface area contributed by atoms with Crippen LogP contribution in [0.25, 0.3) is 209 Å². The summed E-state index contributed by atoms with van der Waals surface area (Å²) in [5, 5.41) is 0.910. The van der Waals surface area contributed by atoms with E-state index in [1.807, 2.05) is 0 Å². The van der Waals surface area contributed by atoms with Gasteiger partial charge in [0.15, 0.2) is 49.8 Å². The minimum absolute atomic E-state index is 0.00216. The summed E-state index contributed by atoms with van der Waals surface area (Å²) in [5.41, 5.74) is 5.35. The van der Waals surface area contributed by atoms with Crippen LogP contribution in [0.3, 0.4) is 0 Å². The average Bonchev–Trinajstić information content (AvgIpc) is 0.817. The molecule has 20 aromatic rings. The van der Waals surface area contributed by atoms with Gasteiger partial charge in [0.25, 0.3) is 0 Å². The van der Waals surface area contributed by atoms with Crippen LogP contribution >= 0.6 is 0 Å². The minimum Gasteiger partial charge on any atom is -0.354 e. The fourth-order valence-corrected chi connectivity index (χ4v) is 13.2. The number of nitrogens with zero attached hydrogens (tertiary/aromatic N) is 12. The number of hydrogen-bond donors (Lipinski definition) is 6. The van der Waals surface area contributed by atoms with Crippen molar-refractivity contribution in [2.75, 3.05) is 0 Å². The van der Waals surface area contributed by atoms with E-state index in [0.717, 1.165) is 0 Å². The third-order valence-corrected chi connectivity index (χ3v) is 17.3. The van der Waals surface area contributed by atoms with Crippen molar-refractivity contribution in [2.45, 2.75) is 0 Å². The lowest BCUT2D eigenvalue weighted by Crippen LogP contribution is -2.17. The highest BCUT2D eigenvalue weighted by atomic mass is 16.1. The second-order valence-electron chi connectivity index (χ2n) is 22.2. The van der Waals surface area contributed by atoms with Crippen LogP contribution in [0.1, 0.15) is 0 Å². The summed E-state index contributed by atoms with van der Waals surface area (Å²) in [6, 6.07) is 29.4. The summed E-state index contributed by atoms with van der Waals surface area (Å²) in [4.78, 5) is 167. The minimum atomic E-state index is -0.624. The number of nitrogens with one attached hydrogen (secondary N) is 6. The molecule has 0 aliphatic rings. The first-order valence-corrected chi connectivity index (χ1v) is 28.1. The molecule has 0 atom stereocenters. The molecule has 0 aliphatic carbocycles.